The van der Waals surface area contributed by atoms with Crippen molar-refractivity contribution in [3.8, 4) is 22.3 Å². The number of carbonyl (C=O) groups is 4. The summed E-state index contributed by atoms with van der Waals surface area (Å²) >= 11 is 41.9. The minimum Gasteiger partial charge on any atom is -0.465 e. The Kier molecular flexibility index (Phi) is 25.9. The molecule has 3 aromatic carbocycles. The van der Waals surface area contributed by atoms with Crippen molar-refractivity contribution in [1.29, 1.82) is 0 Å². The van der Waals surface area contributed by atoms with E-state index in [9.17, 15) is 24.3 Å². The smallest absolute Gasteiger partial charge is 0.465 e. The van der Waals surface area contributed by atoms with Crippen LogP contribution >= 0.6 is 101 Å². The number of imidazole rings is 3. The number of carbonyl (C=O) groups excluding carboxylic acids is 4. The van der Waals surface area contributed by atoms with Crippen LogP contribution in [-0.4, -0.2) is 113 Å². The van der Waals surface area contributed by atoms with E-state index in [0.29, 0.717) is 90.4 Å². The largest absolute Gasteiger partial charge is 0.489 e. The molecule has 0 radical (unpaired) electrons. The number of aliphatic hydroxyl groups is 1. The summed E-state index contributed by atoms with van der Waals surface area (Å²) in [6.45, 7) is -0.0718. The van der Waals surface area contributed by atoms with E-state index in [2.05, 4.69) is 71.0 Å². The maximum Gasteiger partial charge on any atom is 0.489 e. The Hall–Kier alpha value is -7.85. The number of hydrogen-bond acceptors (Lipinski definition) is 18. The molecule has 0 fully saturated rings. The van der Waals surface area contributed by atoms with Gasteiger partial charge in [-0.1, -0.05) is 87.8 Å². The Morgan fingerprint density at radius 1 is 0.489 bits per heavy atom. The Labute approximate surface area is 548 Å². The highest BCUT2D eigenvalue weighted by Crippen LogP contribution is 2.35. The minimum atomic E-state index is -1.54. The Balaban J connectivity index is 0.000000172. The standard InChI is InChI=1S/C15H10Cl2N2O2.C14H10Cl2N2O.C9H7BrN2O2.C7H7BrN2O2.C7H8N2O2.C6H5BCl2O2/c1-21-15(20)11-7-14-18-4-5-19(14)8-12(11)10-3-2-9(16)6-13(10)17;15-10-1-2-11(13(16)6-10)12-7-18-4-3-17-14(18)5-9(12)8-19;1-14-9(13)6-4-8-11-2-3-12(8)5-7(6)10;1-12-7(11)4-2-6(9)10-3-5(4)8;1-11-7(10)5-2-3-9-6(8)4-5;8-4-1-2-5(7(10)11)6(9)3-4/h2-8H,1H3;1-7,19H,8H2;2-5H,1H3;2-3H,1H3,(H2,9,10);2-4H,1H3,(H2,8,9);1-3,10-11H. The molecule has 7 N–H and O–H groups in total. The van der Waals surface area contributed by atoms with Crippen molar-refractivity contribution >= 4 is 167 Å². The van der Waals surface area contributed by atoms with E-state index in [1.54, 1.807) is 98.0 Å². The van der Waals surface area contributed by atoms with Gasteiger partial charge in [0.2, 0.25) is 0 Å². The van der Waals surface area contributed by atoms with Crippen LogP contribution in [0.2, 0.25) is 30.1 Å². The van der Waals surface area contributed by atoms with Crippen molar-refractivity contribution in [3.63, 3.8) is 0 Å². The zero-order chi connectivity index (χ0) is 64.4. The summed E-state index contributed by atoms with van der Waals surface area (Å²) in [5.41, 5.74) is 18.7. The predicted molar refractivity (Wildman–Crippen MR) is 347 cm³/mol. The quantitative estimate of drug-likeness (QED) is 0.0536. The molecular weight excluding hydrogens is 1400 g/mol. The lowest BCUT2D eigenvalue weighted by atomic mass is 9.80. The van der Waals surface area contributed by atoms with Gasteiger partial charge in [-0.2, -0.15) is 0 Å². The van der Waals surface area contributed by atoms with Crippen LogP contribution in [0.5, 0.6) is 0 Å². The summed E-state index contributed by atoms with van der Waals surface area (Å²) in [7, 11) is 3.78. The van der Waals surface area contributed by atoms with E-state index in [4.69, 9.17) is 95.9 Å². The van der Waals surface area contributed by atoms with E-state index in [-0.39, 0.29) is 23.1 Å². The monoisotopic (exact) mass is 1440 g/mol. The van der Waals surface area contributed by atoms with E-state index in [1.165, 1.54) is 65.1 Å². The van der Waals surface area contributed by atoms with Crippen LogP contribution in [0.1, 0.15) is 47.0 Å². The third-order valence-electron chi connectivity index (χ3n) is 11.8. The number of pyridine rings is 5. The van der Waals surface area contributed by atoms with E-state index < -0.39 is 25.0 Å². The van der Waals surface area contributed by atoms with Crippen molar-refractivity contribution in [1.82, 2.24) is 38.1 Å². The number of nitrogens with two attached hydrogens (primary N) is 2. The van der Waals surface area contributed by atoms with Crippen LogP contribution in [0.4, 0.5) is 11.6 Å². The summed E-state index contributed by atoms with van der Waals surface area (Å²) in [5, 5.41) is 29.8. The van der Waals surface area contributed by atoms with Gasteiger partial charge >= 0.3 is 31.0 Å². The second-order valence-corrected chi connectivity index (χ2v) is 21.6. The van der Waals surface area contributed by atoms with Gasteiger partial charge in [0.05, 0.1) is 61.8 Å². The van der Waals surface area contributed by atoms with Crippen LogP contribution in [0.25, 0.3) is 39.2 Å². The number of methoxy groups -OCH3 is 4. The maximum absolute atomic E-state index is 12.0. The zero-order valence-electron chi connectivity index (χ0n) is 46.2. The van der Waals surface area contributed by atoms with Gasteiger partial charge in [-0.15, -0.1) is 0 Å². The van der Waals surface area contributed by atoms with Gasteiger partial charge in [0.1, 0.15) is 28.6 Å². The molecule has 11 rings (SSSR count). The van der Waals surface area contributed by atoms with E-state index in [1.807, 2.05) is 37.7 Å². The molecule has 88 heavy (non-hydrogen) atoms. The van der Waals surface area contributed by atoms with Crippen LogP contribution < -0.4 is 16.9 Å². The lowest BCUT2D eigenvalue weighted by Crippen LogP contribution is -2.30. The second kappa shape index (κ2) is 32.9. The number of aromatic nitrogens is 8. The molecule has 0 amide bonds. The van der Waals surface area contributed by atoms with Gasteiger partial charge in [-0.05, 0) is 110 Å². The fraction of sp³-hybridized carbons (Fsp3) is 0.0862. The molecule has 11 aromatic rings. The fourth-order valence-corrected chi connectivity index (χ4v) is 9.97. The minimum absolute atomic E-state index is 0.0718. The average Bonchev–Trinajstić information content (AvgIpc) is 4.49. The number of nitrogen functional groups attached to an aromatic ring is 2. The Morgan fingerprint density at radius 2 is 0.932 bits per heavy atom. The molecule has 8 heterocycles. The highest BCUT2D eigenvalue weighted by molar-refractivity contribution is 9.10. The summed E-state index contributed by atoms with van der Waals surface area (Å²) in [4.78, 5) is 65.2. The predicted octanol–water partition coefficient (Wildman–Crippen LogP) is 12.1. The van der Waals surface area contributed by atoms with Crippen molar-refractivity contribution < 1.29 is 53.3 Å². The fourth-order valence-electron chi connectivity index (χ4n) is 7.57. The second-order valence-electron chi connectivity index (χ2n) is 17.4. The number of aliphatic hydroxyl groups excluding tert-OH is 1. The molecule has 0 unspecified atom stereocenters. The highest BCUT2D eigenvalue weighted by Gasteiger charge is 2.19. The van der Waals surface area contributed by atoms with Crippen molar-refractivity contribution in [3.05, 3.63) is 226 Å². The van der Waals surface area contributed by atoms with Crippen molar-refractivity contribution in [2.75, 3.05) is 39.9 Å². The number of fused-ring (bicyclic) bond motifs is 3. The average molecular weight is 1440 g/mol. The normalized spacial score (nSPS) is 10.3. The van der Waals surface area contributed by atoms with Gasteiger partial charge in [0.25, 0.3) is 0 Å². The molecule has 0 saturated heterocycles. The molecule has 8 aromatic heterocycles. The molecule has 0 aliphatic heterocycles. The molecule has 454 valence electrons. The molecule has 0 spiro atoms. The third kappa shape index (κ3) is 18.6. The summed E-state index contributed by atoms with van der Waals surface area (Å²) in [5.74, 6) is -1.05. The first-order chi connectivity index (χ1) is 42.0. The summed E-state index contributed by atoms with van der Waals surface area (Å²) in [6, 6.07) is 24.6. The topological polar surface area (TPSA) is 296 Å². The Bertz CT molecular complexity index is 4290. The lowest BCUT2D eigenvalue weighted by Gasteiger charge is -2.11. The van der Waals surface area contributed by atoms with Crippen LogP contribution in [-0.2, 0) is 25.6 Å². The van der Waals surface area contributed by atoms with Crippen LogP contribution in [0.15, 0.2) is 168 Å². The molecule has 21 nitrogen and oxygen atoms in total. The highest BCUT2D eigenvalue weighted by atomic mass is 79.9. The van der Waals surface area contributed by atoms with Crippen LogP contribution in [0, 0.1) is 0 Å². The first kappa shape index (κ1) is 69.3. The number of anilines is 2. The third-order valence-corrected chi connectivity index (χ3v) is 14.7. The molecule has 0 aliphatic carbocycles. The van der Waals surface area contributed by atoms with E-state index >= 15 is 0 Å². The maximum atomic E-state index is 12.0. The Morgan fingerprint density at radius 3 is 1.42 bits per heavy atom. The van der Waals surface area contributed by atoms with E-state index in [0.717, 1.165) is 22.3 Å². The number of ether oxygens (including phenoxy) is 4. The number of rotatable bonds is 8. The zero-order valence-corrected chi connectivity index (χ0v) is 53.9. The number of nitrogens with zero attached hydrogens (tertiary/aromatic N) is 8. The first-order valence-corrected chi connectivity index (χ1v) is 28.7. The number of hydrogen-bond donors (Lipinski definition) is 5. The van der Waals surface area contributed by atoms with Gasteiger partial charge in [-0.3, -0.25) is 0 Å². The molecule has 0 bridgehead atoms. The van der Waals surface area contributed by atoms with Gasteiger partial charge in [0.15, 0.2) is 0 Å². The molecule has 0 atom stereocenters. The van der Waals surface area contributed by atoms with Crippen LogP contribution in [0.3, 0.4) is 0 Å². The van der Waals surface area contributed by atoms with Gasteiger partial charge in [-0.25, -0.2) is 44.1 Å². The first-order valence-electron chi connectivity index (χ1n) is 24.8. The molecule has 0 aliphatic rings. The number of benzene rings is 3. The summed E-state index contributed by atoms with van der Waals surface area (Å²) in [6.07, 6.45) is 18.9. The molecular formula is C58H47BBr2Cl6N10O11. The number of halogens is 8. The molecule has 0 saturated carbocycles. The van der Waals surface area contributed by atoms with Crippen molar-refractivity contribution in [2.45, 2.75) is 6.61 Å². The number of esters is 4. The van der Waals surface area contributed by atoms with Crippen molar-refractivity contribution in [2.24, 2.45) is 0 Å². The molecule has 30 heteroatoms. The summed E-state index contributed by atoms with van der Waals surface area (Å²) < 4.78 is 25.2. The lowest BCUT2D eigenvalue weighted by molar-refractivity contribution is 0.0591. The SMILES string of the molecule is COC(=O)c1cc(N)ncc1Br.COC(=O)c1cc2nccn2cc1-c1ccc(Cl)cc1Cl.COC(=O)c1cc2nccn2cc1Br.COC(=O)c1ccnc(N)c1.OB(O)c1ccc(Cl)cc1Cl.OCc1cc2nccn2cc1-c1ccc(Cl)cc1Cl. The van der Waals surface area contributed by atoms with Gasteiger partial charge < -0.3 is 58.8 Å². The van der Waals surface area contributed by atoms with Gasteiger partial charge in [0, 0.05) is 130 Å².